The monoisotopic (exact) mass is 502 g/mol. The highest BCUT2D eigenvalue weighted by Gasteiger charge is 2.89. The minimum atomic E-state index is -1.75. The van der Waals surface area contributed by atoms with Gasteiger partial charge in [-0.25, -0.2) is 4.79 Å². The number of hydrogen-bond donors (Lipinski definition) is 0. The molecule has 10 atom stereocenters. The second-order valence-corrected chi connectivity index (χ2v) is 12.5. The summed E-state index contributed by atoms with van der Waals surface area (Å²) in [5.41, 5.74) is -6.26. The van der Waals surface area contributed by atoms with E-state index in [2.05, 4.69) is 0 Å². The number of rotatable bonds is 1. The van der Waals surface area contributed by atoms with Gasteiger partial charge in [0.25, 0.3) is 0 Å². The van der Waals surface area contributed by atoms with Crippen molar-refractivity contribution >= 4 is 23.7 Å². The molecule has 0 aromatic heterocycles. The molecular weight excluding hydrogens is 472 g/mol. The van der Waals surface area contributed by atoms with Gasteiger partial charge in [-0.1, -0.05) is 6.92 Å². The van der Waals surface area contributed by atoms with Crippen molar-refractivity contribution in [2.75, 3.05) is 13.7 Å². The third-order valence-electron chi connectivity index (χ3n) is 10.7. The van der Waals surface area contributed by atoms with Crippen molar-refractivity contribution in [1.29, 1.82) is 0 Å². The van der Waals surface area contributed by atoms with Gasteiger partial charge in [-0.3, -0.25) is 14.4 Å². The summed E-state index contributed by atoms with van der Waals surface area (Å²) < 4.78 is 35.3. The Bertz CT molecular complexity index is 1200. The van der Waals surface area contributed by atoms with Gasteiger partial charge >= 0.3 is 17.9 Å². The van der Waals surface area contributed by atoms with Gasteiger partial charge in [0.15, 0.2) is 11.4 Å². The molecule has 0 bridgehead atoms. The Labute approximate surface area is 207 Å². The summed E-state index contributed by atoms with van der Waals surface area (Å²) in [6.07, 6.45) is -0.426. The Balaban J connectivity index is 1.54. The molecule has 36 heavy (non-hydrogen) atoms. The van der Waals surface area contributed by atoms with E-state index in [1.165, 1.54) is 13.2 Å². The lowest BCUT2D eigenvalue weighted by Gasteiger charge is -2.62. The van der Waals surface area contributed by atoms with E-state index in [4.69, 9.17) is 28.4 Å². The number of ether oxygens (including phenoxy) is 6. The molecule has 0 amide bonds. The van der Waals surface area contributed by atoms with Crippen molar-refractivity contribution in [3.8, 4) is 0 Å². The van der Waals surface area contributed by atoms with Crippen LogP contribution < -0.4 is 0 Å². The van der Waals surface area contributed by atoms with Crippen molar-refractivity contribution in [2.24, 2.45) is 28.1 Å². The predicted octanol–water partition coefficient (Wildman–Crippen LogP) is 1.24. The second kappa shape index (κ2) is 6.05. The highest BCUT2D eigenvalue weighted by molar-refractivity contribution is 6.09. The topological polar surface area (TPSA) is 130 Å². The number of esters is 3. The Hall–Kier alpha value is -2.30. The van der Waals surface area contributed by atoms with Crippen LogP contribution >= 0.6 is 0 Å². The van der Waals surface area contributed by atoms with Crippen LogP contribution in [-0.2, 0) is 47.6 Å². The van der Waals surface area contributed by atoms with E-state index < -0.39 is 87.1 Å². The first-order valence-corrected chi connectivity index (χ1v) is 12.5. The summed E-state index contributed by atoms with van der Waals surface area (Å²) >= 11 is 0. The fraction of sp³-hybridized carbons (Fsp3) is 0.769. The van der Waals surface area contributed by atoms with Crippen LogP contribution in [-0.4, -0.2) is 72.7 Å². The first-order valence-electron chi connectivity index (χ1n) is 12.5. The van der Waals surface area contributed by atoms with Gasteiger partial charge < -0.3 is 28.4 Å². The molecule has 2 aliphatic carbocycles. The quantitative estimate of drug-likeness (QED) is 0.223. The van der Waals surface area contributed by atoms with E-state index in [9.17, 15) is 19.2 Å². The summed E-state index contributed by atoms with van der Waals surface area (Å²) in [7, 11) is 1.26. The number of fused-ring (bicyclic) bond motifs is 4. The third kappa shape index (κ3) is 2.05. The zero-order valence-electron chi connectivity index (χ0n) is 21.2. The fourth-order valence-electron chi connectivity index (χ4n) is 9.13. The molecule has 4 saturated heterocycles. The van der Waals surface area contributed by atoms with Crippen LogP contribution in [0.2, 0.25) is 0 Å². The molecule has 10 heteroatoms. The largest absolute Gasteiger partial charge is 0.468 e. The van der Waals surface area contributed by atoms with E-state index >= 15 is 0 Å². The standard InChI is InChI=1S/C26H30O10/c1-11-17(28)25(20(30)31-6)16-18(33-11)34-19(29)22(16,4)8-13-23(25,5)9-14-26(35-14)12(24(13)10-32-24)7-15(27)36-21(26,2)3/h7,11,13-14,16,18H,8-10H2,1-6H3/t11-,13-,14-,16-,18-,22-,23+,24+,25+,26+/m1/s1. The normalized spacial score (nSPS) is 55.1. The second-order valence-electron chi connectivity index (χ2n) is 12.5. The zero-order valence-corrected chi connectivity index (χ0v) is 21.2. The zero-order chi connectivity index (χ0) is 25.8. The van der Waals surface area contributed by atoms with E-state index in [-0.39, 0.29) is 6.61 Å². The molecule has 2 spiro atoms. The van der Waals surface area contributed by atoms with Crippen molar-refractivity contribution in [3.63, 3.8) is 0 Å². The smallest absolute Gasteiger partial charge is 0.331 e. The number of hydrogen-bond acceptors (Lipinski definition) is 10. The van der Waals surface area contributed by atoms with Crippen LogP contribution in [0.15, 0.2) is 11.6 Å². The molecule has 5 heterocycles. The lowest BCUT2D eigenvalue weighted by molar-refractivity contribution is -0.257. The molecule has 7 aliphatic rings. The van der Waals surface area contributed by atoms with Crippen LogP contribution in [0.5, 0.6) is 0 Å². The number of ketones is 1. The average molecular weight is 503 g/mol. The van der Waals surface area contributed by atoms with Crippen LogP contribution in [0.4, 0.5) is 0 Å². The molecule has 7 rings (SSSR count). The van der Waals surface area contributed by atoms with Crippen molar-refractivity contribution < 1.29 is 47.6 Å². The third-order valence-corrected chi connectivity index (χ3v) is 10.7. The first-order chi connectivity index (χ1) is 16.8. The molecule has 0 aromatic rings. The Kier molecular flexibility index (Phi) is 3.84. The summed E-state index contributed by atoms with van der Waals surface area (Å²) in [6, 6.07) is 0. The number of carbonyl (C=O) groups is 4. The van der Waals surface area contributed by atoms with Gasteiger partial charge in [0.1, 0.15) is 22.7 Å². The average Bonchev–Trinajstić information content (AvgIpc) is 3.70. The predicted molar refractivity (Wildman–Crippen MR) is 117 cm³/mol. The van der Waals surface area contributed by atoms with Gasteiger partial charge in [-0.2, -0.15) is 0 Å². The van der Waals surface area contributed by atoms with Crippen LogP contribution in [0.1, 0.15) is 47.5 Å². The van der Waals surface area contributed by atoms with Crippen LogP contribution in [0.25, 0.3) is 0 Å². The van der Waals surface area contributed by atoms with E-state index in [1.54, 1.807) is 13.8 Å². The molecule has 10 nitrogen and oxygen atoms in total. The SMILES string of the molecule is COC(=O)[C@]12C(=O)[C@@H](C)O[C@@H]3OC(=O)[C@](C)(C[C@H]4[C@]5(CO5)C5=CC(=O)OC(C)(C)[C@]56O[C@@H]6C[C@@]41C)[C@@H]32. The number of cyclic esters (lactones) is 1. The van der Waals surface area contributed by atoms with Crippen molar-refractivity contribution in [2.45, 2.75) is 82.8 Å². The highest BCUT2D eigenvalue weighted by atomic mass is 16.7. The molecule has 0 radical (unpaired) electrons. The first kappa shape index (κ1) is 22.9. The van der Waals surface area contributed by atoms with Crippen LogP contribution in [0, 0.1) is 28.1 Å². The van der Waals surface area contributed by atoms with E-state index in [0.29, 0.717) is 18.4 Å². The molecule has 0 aromatic carbocycles. The summed E-state index contributed by atoms with van der Waals surface area (Å²) in [5.74, 6) is -3.49. The molecule has 5 aliphatic heterocycles. The highest BCUT2D eigenvalue weighted by Crippen LogP contribution is 2.78. The number of Topliss-reactive ketones (excluding diaryl/α,β-unsaturated/α-hetero) is 1. The summed E-state index contributed by atoms with van der Waals surface area (Å²) in [4.78, 5) is 54.5. The van der Waals surface area contributed by atoms with Gasteiger partial charge in [0.2, 0.25) is 6.29 Å². The molecule has 2 saturated carbocycles. The number of methoxy groups -OCH3 is 1. The lowest BCUT2D eigenvalue weighted by Crippen LogP contribution is -2.73. The lowest BCUT2D eigenvalue weighted by atomic mass is 9.38. The number of epoxide rings is 2. The van der Waals surface area contributed by atoms with Gasteiger partial charge in [0, 0.05) is 17.6 Å². The molecular formula is C26H30O10. The van der Waals surface area contributed by atoms with Crippen molar-refractivity contribution in [3.05, 3.63) is 11.6 Å². The summed E-state index contributed by atoms with van der Waals surface area (Å²) in [6.45, 7) is 9.13. The Morgan fingerprint density at radius 1 is 1.11 bits per heavy atom. The van der Waals surface area contributed by atoms with E-state index in [0.717, 1.165) is 0 Å². The van der Waals surface area contributed by atoms with Gasteiger partial charge in [0.05, 0.1) is 31.2 Å². The Morgan fingerprint density at radius 3 is 2.44 bits per heavy atom. The minimum Gasteiger partial charge on any atom is -0.468 e. The van der Waals surface area contributed by atoms with Gasteiger partial charge in [-0.05, 0) is 46.0 Å². The van der Waals surface area contributed by atoms with Crippen LogP contribution in [0.3, 0.4) is 0 Å². The molecule has 0 N–H and O–H groups in total. The maximum Gasteiger partial charge on any atom is 0.331 e. The molecule has 194 valence electrons. The maximum absolute atomic E-state index is 14.3. The minimum absolute atomic E-state index is 0.275. The maximum atomic E-state index is 14.3. The number of carbonyl (C=O) groups excluding carboxylic acids is 4. The molecule has 6 fully saturated rings. The van der Waals surface area contributed by atoms with E-state index in [1.807, 2.05) is 20.8 Å². The van der Waals surface area contributed by atoms with Gasteiger partial charge in [-0.15, -0.1) is 0 Å². The molecule has 0 unspecified atom stereocenters. The Morgan fingerprint density at radius 2 is 1.81 bits per heavy atom. The fourth-order valence-corrected chi connectivity index (χ4v) is 9.13. The van der Waals surface area contributed by atoms with Crippen molar-refractivity contribution in [1.82, 2.24) is 0 Å². The summed E-state index contributed by atoms with van der Waals surface area (Å²) in [5, 5.41) is 0.